The number of rotatable bonds is 5. The summed E-state index contributed by atoms with van der Waals surface area (Å²) in [5.74, 6) is -0.729. The third-order valence-corrected chi connectivity index (χ3v) is 4.08. The fourth-order valence-electron chi connectivity index (χ4n) is 2.51. The molecule has 4 nitrogen and oxygen atoms in total. The van der Waals surface area contributed by atoms with E-state index in [1.54, 1.807) is 30.3 Å². The molecule has 144 valence electrons. The summed E-state index contributed by atoms with van der Waals surface area (Å²) in [7, 11) is 0. The van der Waals surface area contributed by atoms with E-state index in [0.717, 1.165) is 23.6 Å². The van der Waals surface area contributed by atoms with E-state index in [-0.39, 0.29) is 22.3 Å². The maximum absolute atomic E-state index is 12.8. The van der Waals surface area contributed by atoms with Crippen LogP contribution in [0.25, 0.3) is 10.8 Å². The Morgan fingerprint density at radius 1 is 1.04 bits per heavy atom. The van der Waals surface area contributed by atoms with Crippen LogP contribution in [0.15, 0.2) is 54.6 Å². The summed E-state index contributed by atoms with van der Waals surface area (Å²) in [4.78, 5) is 22.2. The van der Waals surface area contributed by atoms with Gasteiger partial charge in [-0.15, -0.1) is 0 Å². The number of hydrogen-bond donors (Lipinski definition) is 0. The van der Waals surface area contributed by atoms with Crippen LogP contribution in [-0.4, -0.2) is 12.3 Å². The highest BCUT2D eigenvalue weighted by Gasteiger charge is 2.31. The second-order valence-electron chi connectivity index (χ2n) is 5.70. The molecule has 0 unspecified atom stereocenters. The highest BCUT2D eigenvalue weighted by Crippen LogP contribution is 2.42. The van der Waals surface area contributed by atoms with Gasteiger partial charge in [0.2, 0.25) is 0 Å². The number of hydrogen-bond acceptors (Lipinski definition) is 4. The zero-order valence-corrected chi connectivity index (χ0v) is 14.9. The first kappa shape index (κ1) is 19.7. The maximum atomic E-state index is 12.8. The molecule has 0 bridgehead atoms. The Balaban J connectivity index is 2.05. The Morgan fingerprint density at radius 3 is 2.43 bits per heavy atom. The van der Waals surface area contributed by atoms with Crippen LogP contribution in [-0.2, 0) is 15.8 Å². The van der Waals surface area contributed by atoms with E-state index < -0.39 is 24.1 Å². The first-order chi connectivity index (χ1) is 13.3. The van der Waals surface area contributed by atoms with Gasteiger partial charge in [-0.05, 0) is 29.7 Å². The average molecular weight is 409 g/mol. The second kappa shape index (κ2) is 7.90. The van der Waals surface area contributed by atoms with Gasteiger partial charge in [0.05, 0.1) is 10.6 Å². The number of alkyl halides is 3. The lowest BCUT2D eigenvalue weighted by Crippen LogP contribution is -2.09. The van der Waals surface area contributed by atoms with Crippen LogP contribution in [0.1, 0.15) is 12.0 Å². The zero-order valence-electron chi connectivity index (χ0n) is 14.1. The molecule has 0 saturated heterocycles. The summed E-state index contributed by atoms with van der Waals surface area (Å²) in [5, 5.41) is 1.04. The number of esters is 1. The number of fused-ring (bicyclic) bond motifs is 1. The topological polar surface area (TPSA) is 52.6 Å². The van der Waals surface area contributed by atoms with E-state index in [9.17, 15) is 22.8 Å². The van der Waals surface area contributed by atoms with Crippen LogP contribution in [0.3, 0.4) is 0 Å². The molecule has 0 fully saturated rings. The normalized spacial score (nSPS) is 11.3. The summed E-state index contributed by atoms with van der Waals surface area (Å²) in [6.45, 7) is 0. The van der Waals surface area contributed by atoms with E-state index in [0.29, 0.717) is 11.7 Å². The van der Waals surface area contributed by atoms with Crippen LogP contribution in [0.2, 0.25) is 5.02 Å². The third-order valence-electron chi connectivity index (χ3n) is 3.79. The van der Waals surface area contributed by atoms with Crippen molar-refractivity contribution >= 4 is 34.6 Å². The van der Waals surface area contributed by atoms with Gasteiger partial charge in [0.25, 0.3) is 0 Å². The Bertz CT molecular complexity index is 1050. The van der Waals surface area contributed by atoms with E-state index in [4.69, 9.17) is 21.1 Å². The molecule has 3 aromatic rings. The number of benzene rings is 3. The van der Waals surface area contributed by atoms with Crippen LogP contribution in [0.5, 0.6) is 17.2 Å². The predicted molar refractivity (Wildman–Crippen MR) is 96.8 cm³/mol. The molecular formula is C20H12ClF3O4. The first-order valence-corrected chi connectivity index (χ1v) is 8.38. The van der Waals surface area contributed by atoms with Gasteiger partial charge in [-0.2, -0.15) is 13.2 Å². The fourth-order valence-corrected chi connectivity index (χ4v) is 2.73. The number of aldehydes is 1. The van der Waals surface area contributed by atoms with Crippen molar-refractivity contribution in [2.75, 3.05) is 0 Å². The molecular weight excluding hydrogens is 397 g/mol. The molecule has 3 rings (SSSR count). The number of halogens is 4. The Kier molecular flexibility index (Phi) is 5.56. The van der Waals surface area contributed by atoms with Crippen molar-refractivity contribution in [1.29, 1.82) is 0 Å². The molecule has 0 radical (unpaired) electrons. The molecule has 0 atom stereocenters. The third kappa shape index (κ3) is 4.26. The number of ether oxygens (including phenoxy) is 2. The van der Waals surface area contributed by atoms with Crippen molar-refractivity contribution in [1.82, 2.24) is 0 Å². The molecule has 0 spiro atoms. The van der Waals surface area contributed by atoms with Crippen molar-refractivity contribution in [3.8, 4) is 17.2 Å². The van der Waals surface area contributed by atoms with Crippen LogP contribution in [0, 0.1) is 0 Å². The average Bonchev–Trinajstić information content (AvgIpc) is 2.64. The summed E-state index contributed by atoms with van der Waals surface area (Å²) >= 11 is 5.97. The quantitative estimate of drug-likeness (QED) is 0.232. The molecule has 0 aliphatic heterocycles. The molecule has 0 N–H and O–H groups in total. The van der Waals surface area contributed by atoms with E-state index in [1.165, 1.54) is 6.07 Å². The molecule has 0 heterocycles. The monoisotopic (exact) mass is 408 g/mol. The van der Waals surface area contributed by atoms with E-state index in [1.807, 2.05) is 0 Å². The fraction of sp³-hybridized carbons (Fsp3) is 0.100. The smallest absolute Gasteiger partial charge is 0.416 e. The molecule has 0 amide bonds. The van der Waals surface area contributed by atoms with Gasteiger partial charge in [0.1, 0.15) is 18.5 Å². The zero-order chi connectivity index (χ0) is 20.3. The van der Waals surface area contributed by atoms with Crippen molar-refractivity contribution < 1.29 is 32.2 Å². The minimum Gasteiger partial charge on any atom is -0.451 e. The standard InChI is InChI=1S/C20H12ClF3O4/c21-15-11-13(20(22,23)24)6-8-16(15)28-19-14-4-2-1-3-12(14)5-7-17(19)27-18(26)9-10-25/h1-8,10-11H,9H2. The Hall–Kier alpha value is -3.06. The van der Waals surface area contributed by atoms with Crippen LogP contribution >= 0.6 is 11.6 Å². The van der Waals surface area contributed by atoms with Crippen molar-refractivity contribution in [3.63, 3.8) is 0 Å². The van der Waals surface area contributed by atoms with E-state index in [2.05, 4.69) is 0 Å². The second-order valence-corrected chi connectivity index (χ2v) is 6.11. The van der Waals surface area contributed by atoms with Gasteiger partial charge in [-0.25, -0.2) is 0 Å². The number of carbonyl (C=O) groups is 2. The van der Waals surface area contributed by atoms with Gasteiger partial charge in [-0.1, -0.05) is 41.9 Å². The molecule has 8 heteroatoms. The highest BCUT2D eigenvalue weighted by molar-refractivity contribution is 6.32. The minimum absolute atomic E-state index is 0.0153. The summed E-state index contributed by atoms with van der Waals surface area (Å²) < 4.78 is 49.4. The summed E-state index contributed by atoms with van der Waals surface area (Å²) in [6.07, 6.45) is -4.60. The molecule has 28 heavy (non-hydrogen) atoms. The van der Waals surface area contributed by atoms with Crippen LogP contribution < -0.4 is 9.47 Å². The number of carbonyl (C=O) groups excluding carboxylic acids is 2. The maximum Gasteiger partial charge on any atom is 0.416 e. The molecule has 3 aromatic carbocycles. The van der Waals surface area contributed by atoms with Crippen molar-refractivity contribution in [2.24, 2.45) is 0 Å². The largest absolute Gasteiger partial charge is 0.451 e. The summed E-state index contributed by atoms with van der Waals surface area (Å²) in [5.41, 5.74) is -0.916. The molecule has 0 aromatic heterocycles. The lowest BCUT2D eigenvalue weighted by molar-refractivity contribution is -0.138. The Labute approximate surface area is 162 Å². The minimum atomic E-state index is -4.54. The molecule has 0 saturated carbocycles. The van der Waals surface area contributed by atoms with Crippen LogP contribution in [0.4, 0.5) is 13.2 Å². The van der Waals surface area contributed by atoms with Crippen molar-refractivity contribution in [2.45, 2.75) is 12.6 Å². The lowest BCUT2D eigenvalue weighted by atomic mass is 10.1. The van der Waals surface area contributed by atoms with Gasteiger partial charge in [0.15, 0.2) is 11.5 Å². The van der Waals surface area contributed by atoms with Gasteiger partial charge < -0.3 is 14.3 Å². The first-order valence-electron chi connectivity index (χ1n) is 8.00. The summed E-state index contributed by atoms with van der Waals surface area (Å²) in [6, 6.07) is 12.8. The predicted octanol–water partition coefficient (Wildman–Crippen LogP) is 5.80. The highest BCUT2D eigenvalue weighted by atomic mass is 35.5. The van der Waals surface area contributed by atoms with E-state index >= 15 is 0 Å². The lowest BCUT2D eigenvalue weighted by Gasteiger charge is -2.15. The SMILES string of the molecule is O=CCC(=O)Oc1ccc2ccccc2c1Oc1ccc(C(F)(F)F)cc1Cl. The molecule has 0 aliphatic carbocycles. The Morgan fingerprint density at radius 2 is 1.75 bits per heavy atom. The van der Waals surface area contributed by atoms with Gasteiger partial charge in [0, 0.05) is 5.39 Å². The van der Waals surface area contributed by atoms with Crippen molar-refractivity contribution in [3.05, 3.63) is 65.2 Å². The van der Waals surface area contributed by atoms with Gasteiger partial charge >= 0.3 is 12.1 Å². The molecule has 0 aliphatic rings. The van der Waals surface area contributed by atoms with Gasteiger partial charge in [-0.3, -0.25) is 4.79 Å².